The van der Waals surface area contributed by atoms with Gasteiger partial charge in [-0.2, -0.15) is 0 Å². The van der Waals surface area contributed by atoms with Gasteiger partial charge in [0.25, 0.3) is 5.91 Å². The Balaban J connectivity index is 1.40. The van der Waals surface area contributed by atoms with E-state index in [1.165, 1.54) is 24.1 Å². The normalized spacial score (nSPS) is 22.8. The third kappa shape index (κ3) is 5.69. The van der Waals surface area contributed by atoms with E-state index in [1.807, 2.05) is 0 Å². The maximum Gasteiger partial charge on any atom is 0.252 e. The molecule has 0 aromatic carbocycles. The van der Waals surface area contributed by atoms with Crippen molar-refractivity contribution in [3.63, 3.8) is 0 Å². The number of aromatic nitrogens is 4. The van der Waals surface area contributed by atoms with Crippen LogP contribution in [0.5, 0.6) is 0 Å². The van der Waals surface area contributed by atoms with E-state index in [-0.39, 0.29) is 11.7 Å². The molecule has 12 nitrogen and oxygen atoms in total. The fourth-order valence-electron chi connectivity index (χ4n) is 3.70. The highest BCUT2D eigenvalue weighted by Gasteiger charge is 2.47. The lowest BCUT2D eigenvalue weighted by Crippen LogP contribution is -2.43. The van der Waals surface area contributed by atoms with E-state index in [0.717, 1.165) is 38.5 Å². The van der Waals surface area contributed by atoms with Crippen LogP contribution in [0.4, 0.5) is 5.82 Å². The van der Waals surface area contributed by atoms with Gasteiger partial charge in [0.05, 0.1) is 6.33 Å². The van der Waals surface area contributed by atoms with E-state index >= 15 is 0 Å². The van der Waals surface area contributed by atoms with E-state index in [4.69, 9.17) is 10.5 Å². The highest BCUT2D eigenvalue weighted by molar-refractivity contribution is 5.82. The zero-order valence-corrected chi connectivity index (χ0v) is 18.1. The summed E-state index contributed by atoms with van der Waals surface area (Å²) in [6.07, 6.45) is 3.56. The average Bonchev–Trinajstić information content (AvgIpc) is 3.31. The Morgan fingerprint density at radius 3 is 2.38 bits per heavy atom. The Hall–Kier alpha value is -2.83. The number of unbranched alkanes of at least 4 members (excludes halogenated alkanes) is 5. The molecule has 0 radical (unpaired) electrons. The number of carbonyl (C=O) groups excluding carboxylic acids is 2. The van der Waals surface area contributed by atoms with Crippen molar-refractivity contribution in [3.05, 3.63) is 12.7 Å². The molecule has 32 heavy (non-hydrogen) atoms. The lowest BCUT2D eigenvalue weighted by atomic mass is 10.1. The number of aliphatic hydroxyl groups excluding tert-OH is 2. The van der Waals surface area contributed by atoms with Gasteiger partial charge in [-0.05, 0) is 12.8 Å². The summed E-state index contributed by atoms with van der Waals surface area (Å²) in [7, 11) is 0. The van der Waals surface area contributed by atoms with Crippen LogP contribution in [0.25, 0.3) is 11.2 Å². The third-order valence-corrected chi connectivity index (χ3v) is 5.43. The Morgan fingerprint density at radius 1 is 1.03 bits per heavy atom. The first-order valence-corrected chi connectivity index (χ1v) is 10.9. The molecular weight excluding hydrogens is 418 g/mol. The molecule has 2 amide bonds. The number of anilines is 1. The number of nitrogens with zero attached hydrogens (tertiary/aromatic N) is 4. The number of aliphatic hydroxyl groups is 2. The number of ether oxygens (including phenoxy) is 1. The molecule has 0 aliphatic carbocycles. The largest absolute Gasteiger partial charge is 0.387 e. The second-order valence-corrected chi connectivity index (χ2v) is 7.91. The highest BCUT2D eigenvalue weighted by atomic mass is 16.6. The minimum Gasteiger partial charge on any atom is -0.387 e. The second-order valence-electron chi connectivity index (χ2n) is 7.91. The number of amides is 2. The molecule has 12 heteroatoms. The van der Waals surface area contributed by atoms with Crippen molar-refractivity contribution in [1.82, 2.24) is 30.2 Å². The molecule has 4 atom stereocenters. The molecule has 6 N–H and O–H groups in total. The Kier molecular flexibility index (Phi) is 8.31. The van der Waals surface area contributed by atoms with Gasteiger partial charge in [0.1, 0.15) is 24.1 Å². The molecule has 1 aliphatic heterocycles. The predicted molar refractivity (Wildman–Crippen MR) is 115 cm³/mol. The number of nitrogen functional groups attached to an aromatic ring is 1. The lowest BCUT2D eigenvalue weighted by Gasteiger charge is -2.16. The van der Waals surface area contributed by atoms with Crippen molar-refractivity contribution < 1.29 is 24.5 Å². The van der Waals surface area contributed by atoms with Crippen molar-refractivity contribution in [3.8, 4) is 0 Å². The van der Waals surface area contributed by atoms with Crippen LogP contribution in [0.15, 0.2) is 12.7 Å². The summed E-state index contributed by atoms with van der Waals surface area (Å²) < 4.78 is 7.10. The van der Waals surface area contributed by atoms with Gasteiger partial charge in [-0.25, -0.2) is 15.0 Å². The first-order valence-electron chi connectivity index (χ1n) is 10.9. The van der Waals surface area contributed by atoms with Crippen LogP contribution >= 0.6 is 0 Å². The van der Waals surface area contributed by atoms with Crippen LogP contribution in [-0.4, -0.2) is 72.9 Å². The second kappa shape index (κ2) is 11.2. The summed E-state index contributed by atoms with van der Waals surface area (Å²) in [5.41, 5.74) is 6.47. The molecule has 1 fully saturated rings. The Labute approximate surface area is 185 Å². The van der Waals surface area contributed by atoms with Crippen LogP contribution < -0.4 is 16.4 Å². The molecule has 1 unspecified atom stereocenters. The predicted octanol–water partition coefficient (Wildman–Crippen LogP) is -0.379. The van der Waals surface area contributed by atoms with E-state index in [2.05, 4.69) is 25.6 Å². The van der Waals surface area contributed by atoms with Gasteiger partial charge >= 0.3 is 0 Å². The quantitative estimate of drug-likeness (QED) is 0.286. The van der Waals surface area contributed by atoms with E-state index < -0.39 is 30.4 Å². The number of imidazole rings is 1. The van der Waals surface area contributed by atoms with Crippen molar-refractivity contribution in [1.29, 1.82) is 0 Å². The lowest BCUT2D eigenvalue weighted by molar-refractivity contribution is -0.137. The van der Waals surface area contributed by atoms with Crippen LogP contribution in [0.3, 0.4) is 0 Å². The summed E-state index contributed by atoms with van der Waals surface area (Å²) >= 11 is 0. The minimum atomic E-state index is -1.39. The fourth-order valence-corrected chi connectivity index (χ4v) is 3.70. The number of fused-ring (bicyclic) bond motifs is 1. The van der Waals surface area contributed by atoms with E-state index in [9.17, 15) is 19.8 Å². The van der Waals surface area contributed by atoms with Gasteiger partial charge < -0.3 is 31.3 Å². The van der Waals surface area contributed by atoms with E-state index in [0.29, 0.717) is 24.3 Å². The highest BCUT2D eigenvalue weighted by Crippen LogP contribution is 2.32. The topological polar surface area (TPSA) is 178 Å². The van der Waals surface area contributed by atoms with Gasteiger partial charge in [-0.1, -0.05) is 25.7 Å². The number of rotatable bonds is 11. The van der Waals surface area contributed by atoms with Crippen molar-refractivity contribution >= 4 is 28.8 Å². The summed E-state index contributed by atoms with van der Waals surface area (Å²) in [6, 6.07) is 0. The van der Waals surface area contributed by atoms with Crippen LogP contribution in [-0.2, 0) is 14.3 Å². The molecule has 1 aliphatic rings. The molecule has 3 rings (SSSR count). The van der Waals surface area contributed by atoms with Gasteiger partial charge in [-0.3, -0.25) is 14.2 Å². The van der Waals surface area contributed by atoms with Gasteiger partial charge in [0, 0.05) is 20.0 Å². The summed E-state index contributed by atoms with van der Waals surface area (Å²) in [6.45, 7) is 2.67. The Bertz CT molecular complexity index is 921. The maximum atomic E-state index is 12.5. The number of carbonyl (C=O) groups is 2. The molecule has 2 aromatic rings. The smallest absolute Gasteiger partial charge is 0.252 e. The first-order chi connectivity index (χ1) is 15.4. The SMILES string of the molecule is CC(=O)NCCCCCCCCNC(=O)[C@H]1OC(n2cnc3c(N)ncnc32)[C@H](O)[C@@H]1O. The monoisotopic (exact) mass is 449 g/mol. The van der Waals surface area contributed by atoms with Gasteiger partial charge in [0.15, 0.2) is 23.8 Å². The zero-order chi connectivity index (χ0) is 23.1. The number of nitrogens with one attached hydrogen (secondary N) is 2. The standard InChI is InChI=1S/C20H31N7O5/c1-12(28)22-8-6-4-2-3-5-7-9-23-19(31)16-14(29)15(30)20(32-16)27-11-26-13-17(21)24-10-25-18(13)27/h10-11,14-16,20,29-30H,2-9H2,1H3,(H,22,28)(H,23,31)(H2,21,24,25)/t14-,15+,16-,20?/m0/s1. The molecule has 176 valence electrons. The molecule has 1 saturated heterocycles. The van der Waals surface area contributed by atoms with Gasteiger partial charge in [-0.15, -0.1) is 0 Å². The average molecular weight is 450 g/mol. The zero-order valence-electron chi connectivity index (χ0n) is 18.1. The minimum absolute atomic E-state index is 0.00650. The fraction of sp³-hybridized carbons (Fsp3) is 0.650. The van der Waals surface area contributed by atoms with Gasteiger partial charge in [0.2, 0.25) is 5.91 Å². The summed E-state index contributed by atoms with van der Waals surface area (Å²) in [5, 5.41) is 26.3. The van der Waals surface area contributed by atoms with Crippen molar-refractivity contribution in [2.75, 3.05) is 18.8 Å². The molecule has 3 heterocycles. The summed E-state index contributed by atoms with van der Waals surface area (Å²) in [4.78, 5) is 35.4. The molecular formula is C20H31N7O5. The number of nitrogens with two attached hydrogens (primary N) is 1. The van der Waals surface area contributed by atoms with Crippen LogP contribution in [0.2, 0.25) is 0 Å². The molecule has 0 spiro atoms. The van der Waals surface area contributed by atoms with E-state index in [1.54, 1.807) is 0 Å². The molecule has 0 bridgehead atoms. The third-order valence-electron chi connectivity index (χ3n) is 5.43. The molecule has 2 aromatic heterocycles. The van der Waals surface area contributed by atoms with Crippen LogP contribution in [0.1, 0.15) is 51.7 Å². The molecule has 0 saturated carbocycles. The Morgan fingerprint density at radius 2 is 1.69 bits per heavy atom. The first kappa shape index (κ1) is 23.8. The maximum absolute atomic E-state index is 12.5. The number of hydrogen-bond donors (Lipinski definition) is 5. The summed E-state index contributed by atoms with van der Waals surface area (Å²) in [5.74, 6) is -0.301. The van der Waals surface area contributed by atoms with Crippen molar-refractivity contribution in [2.45, 2.75) is 70.0 Å². The number of hydrogen-bond acceptors (Lipinski definition) is 9. The van der Waals surface area contributed by atoms with Crippen LogP contribution in [0, 0.1) is 0 Å². The van der Waals surface area contributed by atoms with Crippen molar-refractivity contribution in [2.24, 2.45) is 0 Å².